The van der Waals surface area contributed by atoms with Gasteiger partial charge in [-0.1, -0.05) is 0 Å². The Morgan fingerprint density at radius 3 is 2.20 bits per heavy atom. The molecule has 1 nitrogen and oxygen atoms in total. The third-order valence-electron chi connectivity index (χ3n) is 0.396. The van der Waals surface area contributed by atoms with Gasteiger partial charge in [0.15, 0.2) is 0 Å². The van der Waals surface area contributed by atoms with Crippen molar-refractivity contribution in [2.75, 3.05) is 0 Å². The molecular formula is C7Br2O. The summed E-state index contributed by atoms with van der Waals surface area (Å²) in [7, 11) is 0. The molecule has 0 radical (unpaired) electrons. The van der Waals surface area contributed by atoms with E-state index in [4.69, 9.17) is 0 Å². The Hall–Kier alpha value is -0.690. The normalized spacial score (nSPS) is 5.00. The number of hydrogen-bond acceptors (Lipinski definition) is 1. The van der Waals surface area contributed by atoms with Crippen LogP contribution in [-0.4, -0.2) is 4.69 Å². The van der Waals surface area contributed by atoms with Crippen LogP contribution in [0.3, 0.4) is 0 Å². The van der Waals surface area contributed by atoms with Crippen LogP contribution in [0.1, 0.15) is 0 Å². The fourth-order valence-electron chi connectivity index (χ4n) is 0.167. The number of halogens is 2. The van der Waals surface area contributed by atoms with E-state index in [0.29, 0.717) is 0 Å². The van der Waals surface area contributed by atoms with Gasteiger partial charge < -0.3 is 0 Å². The minimum Gasteiger partial charge on any atom is -0.272 e. The summed E-state index contributed by atoms with van der Waals surface area (Å²) in [6, 6.07) is 0. The molecule has 0 saturated heterocycles. The van der Waals surface area contributed by atoms with Crippen molar-refractivity contribution in [1.82, 2.24) is 0 Å². The third-order valence-corrected chi connectivity index (χ3v) is 0.792. The van der Waals surface area contributed by atoms with Gasteiger partial charge in [0.1, 0.15) is 0 Å². The molecule has 0 aliphatic heterocycles. The summed E-state index contributed by atoms with van der Waals surface area (Å²) in [5.74, 6) is 11.6. The molecule has 0 amide bonds. The molecule has 0 fully saturated rings. The van der Waals surface area contributed by atoms with Gasteiger partial charge >= 0.3 is 0 Å². The quantitative estimate of drug-likeness (QED) is 0.473. The Bertz CT molecular complexity index is 298. The Morgan fingerprint density at radius 2 is 1.70 bits per heavy atom. The highest BCUT2D eigenvalue weighted by molar-refractivity contribution is 9.18. The van der Waals surface area contributed by atoms with E-state index in [1.54, 1.807) is 0 Å². The average molecular weight is 260 g/mol. The molecule has 0 spiro atoms. The van der Waals surface area contributed by atoms with Crippen molar-refractivity contribution in [2.24, 2.45) is 0 Å². The maximum atomic E-state index is 10.1. The molecule has 0 rings (SSSR count). The maximum absolute atomic E-state index is 10.1. The molecule has 0 heterocycles. The van der Waals surface area contributed by atoms with Crippen LogP contribution in [0.4, 0.5) is 0 Å². The fraction of sp³-hybridized carbons (Fsp3) is 0. The lowest BCUT2D eigenvalue weighted by Crippen LogP contribution is -1.71. The van der Waals surface area contributed by atoms with Crippen LogP contribution >= 0.6 is 31.9 Å². The summed E-state index contributed by atoms with van der Waals surface area (Å²) >= 11 is 5.46. The molecule has 0 N–H and O–H groups in total. The van der Waals surface area contributed by atoms with Crippen molar-refractivity contribution in [3.63, 3.8) is 0 Å². The summed E-state index contributed by atoms with van der Waals surface area (Å²) in [6.07, 6.45) is 0. The largest absolute Gasteiger partial charge is 0.272 e. The first kappa shape index (κ1) is 9.31. The highest BCUT2D eigenvalue weighted by Crippen LogP contribution is 1.77. The number of rotatable bonds is 0. The topological polar surface area (TPSA) is 17.1 Å². The summed E-state index contributed by atoms with van der Waals surface area (Å²) in [4.78, 5) is 12.5. The number of carbonyl (C=O) groups excluding carboxylic acids is 1. The molecule has 3 heteroatoms. The standard InChI is InChI=1S/C7Br2O/c8-6-4-2-1-3-5-7(9)10. The smallest absolute Gasteiger partial charge is 0.271 e. The molecule has 10 heavy (non-hydrogen) atoms. The summed E-state index contributed by atoms with van der Waals surface area (Å²) in [6.45, 7) is 0. The van der Waals surface area contributed by atoms with Crippen molar-refractivity contribution >= 4 is 36.6 Å². The molecule has 0 atom stereocenters. The van der Waals surface area contributed by atoms with Crippen molar-refractivity contribution < 1.29 is 4.79 Å². The average Bonchev–Trinajstić information content (AvgIpc) is 1.87. The van der Waals surface area contributed by atoms with Gasteiger partial charge in [0.2, 0.25) is 0 Å². The van der Waals surface area contributed by atoms with Crippen LogP contribution < -0.4 is 0 Å². The van der Waals surface area contributed by atoms with Crippen molar-refractivity contribution in [3.05, 3.63) is 0 Å². The zero-order valence-electron chi connectivity index (χ0n) is 4.66. The molecule has 48 valence electrons. The van der Waals surface area contributed by atoms with E-state index in [0.717, 1.165) is 0 Å². The third kappa shape index (κ3) is 7.31. The highest BCUT2D eigenvalue weighted by Gasteiger charge is 1.77. The minimum absolute atomic E-state index is 0.381. The lowest BCUT2D eigenvalue weighted by Gasteiger charge is -1.60. The van der Waals surface area contributed by atoms with E-state index in [-0.39, 0.29) is 4.69 Å². The fourth-order valence-corrected chi connectivity index (χ4v) is 0.365. The van der Waals surface area contributed by atoms with Gasteiger partial charge in [-0.3, -0.25) is 4.79 Å². The molecule has 0 bridgehead atoms. The zero-order chi connectivity index (χ0) is 7.82. The van der Waals surface area contributed by atoms with E-state index in [2.05, 4.69) is 66.3 Å². The van der Waals surface area contributed by atoms with Crippen LogP contribution in [0.2, 0.25) is 0 Å². The van der Waals surface area contributed by atoms with Gasteiger partial charge in [-0.05, 0) is 34.4 Å². The van der Waals surface area contributed by atoms with Gasteiger partial charge in [-0.15, -0.1) is 0 Å². The molecule has 0 aliphatic rings. The van der Waals surface area contributed by atoms with Gasteiger partial charge in [0, 0.05) is 31.9 Å². The van der Waals surface area contributed by atoms with Crippen LogP contribution in [0, 0.1) is 34.4 Å². The second-order valence-electron chi connectivity index (χ2n) is 0.993. The molecule has 0 unspecified atom stereocenters. The molecule has 0 saturated carbocycles. The summed E-state index contributed by atoms with van der Waals surface area (Å²) < 4.78 is -0.381. The monoisotopic (exact) mass is 258 g/mol. The Balaban J connectivity index is 3.98. The van der Waals surface area contributed by atoms with E-state index in [1.807, 2.05) is 0 Å². The second kappa shape index (κ2) is 6.43. The van der Waals surface area contributed by atoms with Gasteiger partial charge in [0.05, 0.1) is 0 Å². The molecule has 0 aromatic heterocycles. The Morgan fingerprint density at radius 1 is 1.10 bits per heavy atom. The number of hydrogen-bond donors (Lipinski definition) is 0. The number of carbonyl (C=O) groups is 1. The predicted molar refractivity (Wildman–Crippen MR) is 46.2 cm³/mol. The molecular weight excluding hydrogens is 260 g/mol. The predicted octanol–water partition coefficient (Wildman–Crippen LogP) is 1.27. The first-order valence-electron chi connectivity index (χ1n) is 2.08. The van der Waals surface area contributed by atoms with E-state index < -0.39 is 0 Å². The summed E-state index contributed by atoms with van der Waals surface area (Å²) in [5, 5.41) is 0. The molecule has 0 aromatic rings. The molecule has 0 aromatic carbocycles. The van der Waals surface area contributed by atoms with Gasteiger partial charge in [-0.25, -0.2) is 0 Å². The first-order valence-corrected chi connectivity index (χ1v) is 3.67. The van der Waals surface area contributed by atoms with Crippen molar-refractivity contribution in [3.8, 4) is 34.4 Å². The zero-order valence-corrected chi connectivity index (χ0v) is 7.84. The second-order valence-corrected chi connectivity index (χ2v) is 2.11. The molecule has 0 aliphatic carbocycles. The van der Waals surface area contributed by atoms with Crippen LogP contribution in [0.15, 0.2) is 0 Å². The highest BCUT2D eigenvalue weighted by atomic mass is 79.9. The van der Waals surface area contributed by atoms with E-state index in [1.165, 1.54) is 0 Å². The van der Waals surface area contributed by atoms with Crippen LogP contribution in [-0.2, 0) is 4.79 Å². The maximum Gasteiger partial charge on any atom is 0.271 e. The van der Waals surface area contributed by atoms with Crippen LogP contribution in [0.25, 0.3) is 0 Å². The van der Waals surface area contributed by atoms with Crippen molar-refractivity contribution in [2.45, 2.75) is 0 Å². The first-order chi connectivity index (χ1) is 4.77. The Kier molecular flexibility index (Phi) is 5.99. The summed E-state index contributed by atoms with van der Waals surface area (Å²) in [5.41, 5.74) is 0. The van der Waals surface area contributed by atoms with Gasteiger partial charge in [-0.2, -0.15) is 0 Å². The SMILES string of the molecule is O=C(Br)C#CC#CC#CBr. The minimum atomic E-state index is -0.381. The van der Waals surface area contributed by atoms with E-state index >= 15 is 0 Å². The van der Waals surface area contributed by atoms with E-state index in [9.17, 15) is 4.79 Å². The lowest BCUT2D eigenvalue weighted by atomic mass is 10.5. The van der Waals surface area contributed by atoms with Crippen LogP contribution in [0.5, 0.6) is 0 Å². The van der Waals surface area contributed by atoms with Gasteiger partial charge in [0.25, 0.3) is 4.69 Å². The van der Waals surface area contributed by atoms with Crippen molar-refractivity contribution in [1.29, 1.82) is 0 Å². The Labute approximate surface area is 75.8 Å². The lowest BCUT2D eigenvalue weighted by molar-refractivity contribution is -0.105.